The van der Waals surface area contributed by atoms with Crippen LogP contribution in [0.3, 0.4) is 0 Å². The van der Waals surface area contributed by atoms with Crippen molar-refractivity contribution in [1.29, 1.82) is 0 Å². The largest absolute Gasteiger partial charge is 0.478 e. The van der Waals surface area contributed by atoms with Gasteiger partial charge in [0.2, 0.25) is 0 Å². The lowest BCUT2D eigenvalue weighted by molar-refractivity contribution is 0.0695. The van der Waals surface area contributed by atoms with Crippen molar-refractivity contribution in [2.75, 3.05) is 11.4 Å². The first-order valence-corrected chi connectivity index (χ1v) is 6.04. The van der Waals surface area contributed by atoms with Crippen LogP contribution < -0.4 is 4.90 Å². The Morgan fingerprint density at radius 2 is 1.90 bits per heavy atom. The molecule has 0 atom stereocenters. The Kier molecular flexibility index (Phi) is 4.05. The van der Waals surface area contributed by atoms with Crippen molar-refractivity contribution in [2.24, 2.45) is 0 Å². The molecule has 6 heteroatoms. The van der Waals surface area contributed by atoms with Gasteiger partial charge in [-0.25, -0.2) is 4.79 Å². The minimum absolute atomic E-state index is 0.0495. The van der Waals surface area contributed by atoms with Gasteiger partial charge in [0.1, 0.15) is 5.69 Å². The molecule has 2 rings (SSSR count). The second-order valence-corrected chi connectivity index (χ2v) is 3.99. The molecule has 20 heavy (non-hydrogen) atoms. The highest BCUT2D eigenvalue weighted by atomic mass is 16.4. The first kappa shape index (κ1) is 13.7. The van der Waals surface area contributed by atoms with Gasteiger partial charge < -0.3 is 10.0 Å². The Morgan fingerprint density at radius 3 is 2.40 bits per heavy atom. The number of carboxylic acids is 1. The fraction of sp³-hybridized carbons (Fsp3) is 0.143. The lowest BCUT2D eigenvalue weighted by Gasteiger charge is -2.20. The van der Waals surface area contributed by atoms with Crippen LogP contribution in [0.5, 0.6) is 0 Å². The van der Waals surface area contributed by atoms with E-state index in [1.807, 2.05) is 6.92 Å². The number of aromatic nitrogens is 2. The van der Waals surface area contributed by atoms with Crippen LogP contribution in [0, 0.1) is 0 Å². The molecule has 0 radical (unpaired) electrons. The van der Waals surface area contributed by atoms with Crippen molar-refractivity contribution in [2.45, 2.75) is 6.92 Å². The van der Waals surface area contributed by atoms with E-state index in [9.17, 15) is 9.59 Å². The number of hydrogen-bond donors (Lipinski definition) is 1. The topological polar surface area (TPSA) is 83.4 Å². The van der Waals surface area contributed by atoms with E-state index in [4.69, 9.17) is 5.11 Å². The van der Waals surface area contributed by atoms with Crippen LogP contribution >= 0.6 is 0 Å². The SMILES string of the molecule is CCN(C(=O)c1ccc(C(=O)O)cn1)c1ccncc1. The molecule has 1 N–H and O–H groups in total. The van der Waals surface area contributed by atoms with Gasteiger partial charge in [-0.3, -0.25) is 14.8 Å². The molecule has 0 spiro atoms. The third kappa shape index (κ3) is 2.80. The lowest BCUT2D eigenvalue weighted by atomic mass is 10.2. The van der Waals surface area contributed by atoms with E-state index >= 15 is 0 Å². The number of amides is 1. The number of aromatic carboxylic acids is 1. The molecule has 1 amide bonds. The van der Waals surface area contributed by atoms with E-state index in [1.54, 1.807) is 29.4 Å². The van der Waals surface area contributed by atoms with Crippen molar-refractivity contribution in [3.8, 4) is 0 Å². The van der Waals surface area contributed by atoms with Crippen molar-refractivity contribution in [1.82, 2.24) is 9.97 Å². The molecule has 6 nitrogen and oxygen atoms in total. The summed E-state index contributed by atoms with van der Waals surface area (Å²) in [5.74, 6) is -1.35. The van der Waals surface area contributed by atoms with Crippen LogP contribution in [-0.2, 0) is 0 Å². The minimum Gasteiger partial charge on any atom is -0.478 e. The van der Waals surface area contributed by atoms with E-state index in [-0.39, 0.29) is 17.2 Å². The zero-order valence-electron chi connectivity index (χ0n) is 10.9. The zero-order valence-corrected chi connectivity index (χ0v) is 10.9. The number of nitrogens with zero attached hydrogens (tertiary/aromatic N) is 3. The molecule has 0 aromatic carbocycles. The Hall–Kier alpha value is -2.76. The average Bonchev–Trinajstić information content (AvgIpc) is 2.49. The summed E-state index contributed by atoms with van der Waals surface area (Å²) in [7, 11) is 0. The molecule has 0 bridgehead atoms. The van der Waals surface area contributed by atoms with E-state index in [2.05, 4.69) is 9.97 Å². The third-order valence-electron chi connectivity index (χ3n) is 2.77. The predicted molar refractivity (Wildman–Crippen MR) is 72.8 cm³/mol. The molecule has 0 saturated heterocycles. The summed E-state index contributed by atoms with van der Waals surface area (Å²) in [4.78, 5) is 32.5. The fourth-order valence-electron chi connectivity index (χ4n) is 1.75. The van der Waals surface area contributed by atoms with Crippen LogP contribution in [0.25, 0.3) is 0 Å². The smallest absolute Gasteiger partial charge is 0.337 e. The predicted octanol–water partition coefficient (Wildman–Crippen LogP) is 1.84. The maximum Gasteiger partial charge on any atom is 0.337 e. The van der Waals surface area contributed by atoms with Gasteiger partial charge in [-0.2, -0.15) is 0 Å². The second-order valence-electron chi connectivity index (χ2n) is 3.99. The van der Waals surface area contributed by atoms with Gasteiger partial charge in [-0.05, 0) is 31.2 Å². The van der Waals surface area contributed by atoms with Crippen molar-refractivity contribution in [3.63, 3.8) is 0 Å². The summed E-state index contributed by atoms with van der Waals surface area (Å²) in [5, 5.41) is 8.81. The molecular weight excluding hydrogens is 258 g/mol. The Bertz CT molecular complexity index is 611. The number of carboxylic acid groups (broad SMARTS) is 1. The molecule has 0 aliphatic carbocycles. The van der Waals surface area contributed by atoms with Crippen LogP contribution in [0.2, 0.25) is 0 Å². The molecule has 2 aromatic heterocycles. The van der Waals surface area contributed by atoms with E-state index in [0.29, 0.717) is 6.54 Å². The monoisotopic (exact) mass is 271 g/mol. The number of carbonyl (C=O) groups is 2. The summed E-state index contributed by atoms with van der Waals surface area (Å²) in [6.45, 7) is 2.33. The molecule has 2 aromatic rings. The first-order chi connectivity index (χ1) is 9.63. The maximum absolute atomic E-state index is 12.4. The molecule has 102 valence electrons. The highest BCUT2D eigenvalue weighted by Gasteiger charge is 2.17. The van der Waals surface area contributed by atoms with Gasteiger partial charge in [0.25, 0.3) is 5.91 Å². The van der Waals surface area contributed by atoms with E-state index < -0.39 is 5.97 Å². The third-order valence-corrected chi connectivity index (χ3v) is 2.77. The Morgan fingerprint density at radius 1 is 1.20 bits per heavy atom. The van der Waals surface area contributed by atoms with Crippen LogP contribution in [0.15, 0.2) is 42.9 Å². The Labute approximate surface area is 115 Å². The van der Waals surface area contributed by atoms with Gasteiger partial charge in [0.15, 0.2) is 0 Å². The van der Waals surface area contributed by atoms with Crippen LogP contribution in [0.4, 0.5) is 5.69 Å². The maximum atomic E-state index is 12.4. The van der Waals surface area contributed by atoms with E-state index in [1.165, 1.54) is 18.3 Å². The summed E-state index contributed by atoms with van der Waals surface area (Å²) in [6, 6.07) is 6.23. The van der Waals surface area contributed by atoms with Crippen LogP contribution in [-0.4, -0.2) is 33.5 Å². The van der Waals surface area contributed by atoms with Crippen molar-refractivity contribution >= 4 is 17.6 Å². The molecule has 0 unspecified atom stereocenters. The minimum atomic E-state index is -1.07. The molecule has 0 aliphatic heterocycles. The summed E-state index contributed by atoms with van der Waals surface area (Å²) < 4.78 is 0. The van der Waals surface area contributed by atoms with Crippen LogP contribution in [0.1, 0.15) is 27.8 Å². The average molecular weight is 271 g/mol. The summed E-state index contributed by atoms with van der Waals surface area (Å²) in [6.07, 6.45) is 4.38. The van der Waals surface area contributed by atoms with E-state index in [0.717, 1.165) is 5.69 Å². The Balaban J connectivity index is 2.27. The number of hydrogen-bond acceptors (Lipinski definition) is 4. The number of pyridine rings is 2. The molecule has 2 heterocycles. The zero-order chi connectivity index (χ0) is 14.5. The molecule has 0 saturated carbocycles. The molecule has 0 fully saturated rings. The van der Waals surface area contributed by atoms with Crippen molar-refractivity contribution in [3.05, 3.63) is 54.1 Å². The second kappa shape index (κ2) is 5.92. The highest BCUT2D eigenvalue weighted by molar-refractivity contribution is 6.05. The summed E-state index contributed by atoms with van der Waals surface area (Å²) >= 11 is 0. The van der Waals surface area contributed by atoms with Gasteiger partial charge in [0, 0.05) is 30.8 Å². The highest BCUT2D eigenvalue weighted by Crippen LogP contribution is 2.15. The molecule has 0 aliphatic rings. The van der Waals surface area contributed by atoms with Gasteiger partial charge >= 0.3 is 5.97 Å². The van der Waals surface area contributed by atoms with Gasteiger partial charge in [-0.15, -0.1) is 0 Å². The first-order valence-electron chi connectivity index (χ1n) is 6.04. The standard InChI is InChI=1S/C14H13N3O3/c1-2-17(11-5-7-15-8-6-11)13(18)12-4-3-10(9-16-12)14(19)20/h3-9H,2H2,1H3,(H,19,20). The van der Waals surface area contributed by atoms with Crippen molar-refractivity contribution < 1.29 is 14.7 Å². The lowest BCUT2D eigenvalue weighted by Crippen LogP contribution is -2.31. The number of carbonyl (C=O) groups excluding carboxylic acids is 1. The van der Waals surface area contributed by atoms with Gasteiger partial charge in [-0.1, -0.05) is 0 Å². The summed E-state index contributed by atoms with van der Waals surface area (Å²) in [5.41, 5.74) is 0.971. The normalized spacial score (nSPS) is 10.1. The quantitative estimate of drug-likeness (QED) is 0.917. The fourth-order valence-corrected chi connectivity index (χ4v) is 1.75. The number of anilines is 1. The number of rotatable bonds is 4. The van der Waals surface area contributed by atoms with Gasteiger partial charge in [0.05, 0.1) is 5.56 Å². The molecular formula is C14H13N3O3.